The Labute approximate surface area is 261 Å². The molecule has 2 N–H and O–H groups in total. The van der Waals surface area contributed by atoms with Crippen molar-refractivity contribution in [3.05, 3.63) is 120 Å². The molecule has 0 unspecified atom stereocenters. The van der Waals surface area contributed by atoms with Crippen LogP contribution in [0.4, 0.5) is 36.2 Å². The van der Waals surface area contributed by atoms with Crippen molar-refractivity contribution >= 4 is 34.4 Å². The molecule has 230 valence electrons. The average Bonchev–Trinajstić information content (AvgIpc) is 3.45. The van der Waals surface area contributed by atoms with Crippen LogP contribution in [0, 0.1) is 17.5 Å². The molecule has 3 aromatic heterocycles. The van der Waals surface area contributed by atoms with Crippen LogP contribution in [0.3, 0.4) is 0 Å². The number of ether oxygens (including phenoxy) is 1. The van der Waals surface area contributed by atoms with E-state index in [2.05, 4.69) is 15.6 Å². The predicted octanol–water partition coefficient (Wildman–Crippen LogP) is 6.71. The normalized spacial score (nSPS) is 13.2. The molecule has 0 bridgehead atoms. The zero-order valence-electron chi connectivity index (χ0n) is 24.3. The molecule has 1 amide bonds. The number of hydrogen-bond acceptors (Lipinski definition) is 7. The third-order valence-corrected chi connectivity index (χ3v) is 7.59. The van der Waals surface area contributed by atoms with Gasteiger partial charge in [-0.3, -0.25) is 4.79 Å². The minimum atomic E-state index is -0.958. The predicted molar refractivity (Wildman–Crippen MR) is 169 cm³/mol. The van der Waals surface area contributed by atoms with E-state index >= 15 is 4.39 Å². The second-order valence-corrected chi connectivity index (χ2v) is 10.5. The number of pyridine rings is 1. The molecule has 4 heterocycles. The van der Waals surface area contributed by atoms with Crippen LogP contribution in [0.2, 0.25) is 0 Å². The van der Waals surface area contributed by atoms with E-state index in [0.717, 1.165) is 17.6 Å². The van der Waals surface area contributed by atoms with Crippen molar-refractivity contribution in [2.24, 2.45) is 0 Å². The third-order valence-electron chi connectivity index (χ3n) is 7.59. The second kappa shape index (κ2) is 12.3. The maximum atomic E-state index is 15.1. The van der Waals surface area contributed by atoms with Crippen molar-refractivity contribution in [1.29, 1.82) is 0 Å². The molecule has 9 nitrogen and oxygen atoms in total. The van der Waals surface area contributed by atoms with Gasteiger partial charge in [-0.1, -0.05) is 24.3 Å². The fraction of sp³-hybridized carbons (Fsp3) is 0.118. The molecule has 1 saturated heterocycles. The minimum absolute atomic E-state index is 0.255. The first-order chi connectivity index (χ1) is 22.4. The first kappa shape index (κ1) is 29.0. The topological polar surface area (TPSA) is 96.7 Å². The van der Waals surface area contributed by atoms with Crippen LogP contribution < -0.4 is 15.5 Å². The molecule has 3 aromatic carbocycles. The van der Waals surface area contributed by atoms with Crippen LogP contribution in [0.15, 0.2) is 97.3 Å². The molecule has 12 heteroatoms. The molecule has 1 aliphatic heterocycles. The number of nitrogens with zero attached hydrogens (tertiary/aromatic N) is 5. The van der Waals surface area contributed by atoms with Gasteiger partial charge in [0.2, 0.25) is 5.95 Å². The molecule has 1 fully saturated rings. The molecule has 0 atom stereocenters. The number of amides is 1. The van der Waals surface area contributed by atoms with E-state index in [9.17, 15) is 13.6 Å². The fourth-order valence-corrected chi connectivity index (χ4v) is 5.44. The highest BCUT2D eigenvalue weighted by Gasteiger charge is 2.21. The van der Waals surface area contributed by atoms with Crippen LogP contribution in [0.25, 0.3) is 28.0 Å². The van der Waals surface area contributed by atoms with Crippen molar-refractivity contribution in [3.63, 3.8) is 0 Å². The Bertz CT molecular complexity index is 2060. The van der Waals surface area contributed by atoms with Crippen molar-refractivity contribution < 1.29 is 22.7 Å². The second-order valence-electron chi connectivity index (χ2n) is 10.5. The van der Waals surface area contributed by atoms with Crippen LogP contribution >= 0.6 is 0 Å². The van der Waals surface area contributed by atoms with E-state index in [-0.39, 0.29) is 11.8 Å². The zero-order chi connectivity index (χ0) is 31.6. The first-order valence-electron chi connectivity index (χ1n) is 14.5. The average molecular weight is 622 g/mol. The van der Waals surface area contributed by atoms with Gasteiger partial charge < -0.3 is 20.3 Å². The Morgan fingerprint density at radius 3 is 2.43 bits per heavy atom. The Hall–Kier alpha value is -5.75. The highest BCUT2D eigenvalue weighted by Crippen LogP contribution is 2.36. The number of rotatable bonds is 7. The molecule has 1 aliphatic rings. The molecule has 7 rings (SSSR count). The van der Waals surface area contributed by atoms with Gasteiger partial charge in [0.1, 0.15) is 28.7 Å². The lowest BCUT2D eigenvalue weighted by molar-refractivity contribution is 0.101. The van der Waals surface area contributed by atoms with Gasteiger partial charge in [-0.05, 0) is 60.7 Å². The SMILES string of the molecule is O=C(Nc1cccc(-c2nn3ccccc3c2-c2ccnc(Nc3ccc(N4CCOCC4)c(F)c3)n2)c1)c1c(F)cccc1F. The summed E-state index contributed by atoms with van der Waals surface area (Å²) < 4.78 is 50.6. The number of hydrogen-bond donors (Lipinski definition) is 2. The summed E-state index contributed by atoms with van der Waals surface area (Å²) in [7, 11) is 0. The molecule has 0 aliphatic carbocycles. The Morgan fingerprint density at radius 2 is 1.63 bits per heavy atom. The number of fused-ring (bicyclic) bond motifs is 1. The number of carbonyl (C=O) groups is 1. The number of aromatic nitrogens is 4. The number of morpholine rings is 1. The van der Waals surface area contributed by atoms with Gasteiger partial charge in [0.05, 0.1) is 35.7 Å². The maximum absolute atomic E-state index is 15.1. The molecular formula is C34H26F3N7O2. The largest absolute Gasteiger partial charge is 0.378 e. The summed E-state index contributed by atoms with van der Waals surface area (Å²) >= 11 is 0. The maximum Gasteiger partial charge on any atom is 0.261 e. The van der Waals surface area contributed by atoms with E-state index in [4.69, 9.17) is 14.8 Å². The van der Waals surface area contributed by atoms with E-state index in [0.29, 0.717) is 65.9 Å². The fourth-order valence-electron chi connectivity index (χ4n) is 5.44. The molecule has 0 spiro atoms. The summed E-state index contributed by atoms with van der Waals surface area (Å²) in [6, 6.07) is 22.3. The smallest absolute Gasteiger partial charge is 0.261 e. The van der Waals surface area contributed by atoms with E-state index in [1.807, 2.05) is 29.2 Å². The highest BCUT2D eigenvalue weighted by atomic mass is 19.1. The summed E-state index contributed by atoms with van der Waals surface area (Å²) in [4.78, 5) is 23.8. The van der Waals surface area contributed by atoms with Gasteiger partial charge in [0, 0.05) is 42.4 Å². The van der Waals surface area contributed by atoms with Gasteiger partial charge in [0.25, 0.3) is 5.91 Å². The first-order valence-corrected chi connectivity index (χ1v) is 14.5. The number of carbonyl (C=O) groups excluding carboxylic acids is 1. The van der Waals surface area contributed by atoms with E-state index in [1.54, 1.807) is 53.3 Å². The van der Waals surface area contributed by atoms with Gasteiger partial charge in [-0.2, -0.15) is 5.10 Å². The van der Waals surface area contributed by atoms with Gasteiger partial charge >= 0.3 is 0 Å². The monoisotopic (exact) mass is 621 g/mol. The molecular weight excluding hydrogens is 595 g/mol. The van der Waals surface area contributed by atoms with Crippen molar-refractivity contribution in [2.45, 2.75) is 0 Å². The van der Waals surface area contributed by atoms with Gasteiger partial charge in [-0.25, -0.2) is 27.7 Å². The Balaban J connectivity index is 1.21. The summed E-state index contributed by atoms with van der Waals surface area (Å²) in [5.74, 6) is -2.94. The van der Waals surface area contributed by atoms with Crippen molar-refractivity contribution in [1.82, 2.24) is 19.6 Å². The van der Waals surface area contributed by atoms with Gasteiger partial charge in [-0.15, -0.1) is 0 Å². The van der Waals surface area contributed by atoms with Crippen molar-refractivity contribution in [3.8, 4) is 22.5 Å². The highest BCUT2D eigenvalue weighted by molar-refractivity contribution is 6.05. The molecule has 46 heavy (non-hydrogen) atoms. The standard InChI is InChI=1S/C34H26F3N7O2/c35-24-7-4-8-25(36)30(24)33(45)39-22-6-3-5-21(19-22)32-31(29-9-1-2-14-44(29)42-32)27-12-13-38-34(41-27)40-23-10-11-28(26(37)20-23)43-15-17-46-18-16-43/h1-14,19-20H,15-18H2,(H,39,45)(H,38,40,41). The summed E-state index contributed by atoms with van der Waals surface area (Å²) in [5, 5.41) is 10.5. The molecule has 6 aromatic rings. The lowest BCUT2D eigenvalue weighted by Crippen LogP contribution is -2.36. The quantitative estimate of drug-likeness (QED) is 0.205. The summed E-state index contributed by atoms with van der Waals surface area (Å²) in [5.41, 5.74) is 3.80. The summed E-state index contributed by atoms with van der Waals surface area (Å²) in [6.45, 7) is 2.35. The number of halogens is 3. The van der Waals surface area contributed by atoms with Crippen LogP contribution in [0.5, 0.6) is 0 Å². The minimum Gasteiger partial charge on any atom is -0.378 e. The number of nitrogens with one attached hydrogen (secondary N) is 2. The zero-order valence-corrected chi connectivity index (χ0v) is 24.3. The van der Waals surface area contributed by atoms with E-state index in [1.165, 1.54) is 12.1 Å². The van der Waals surface area contributed by atoms with E-state index < -0.39 is 23.1 Å². The van der Waals surface area contributed by atoms with Crippen LogP contribution in [0.1, 0.15) is 10.4 Å². The lowest BCUT2D eigenvalue weighted by atomic mass is 10.0. The Kier molecular flexibility index (Phi) is 7.77. The van der Waals surface area contributed by atoms with Crippen LogP contribution in [-0.4, -0.2) is 51.8 Å². The molecule has 0 saturated carbocycles. The number of benzene rings is 3. The summed E-state index contributed by atoms with van der Waals surface area (Å²) in [6.07, 6.45) is 3.40. The van der Waals surface area contributed by atoms with Gasteiger partial charge in [0.15, 0.2) is 0 Å². The number of anilines is 4. The third kappa shape index (κ3) is 5.73. The lowest BCUT2D eigenvalue weighted by Gasteiger charge is -2.29. The van der Waals surface area contributed by atoms with Crippen molar-refractivity contribution in [2.75, 3.05) is 41.8 Å². The Morgan fingerprint density at radius 1 is 0.826 bits per heavy atom. The van der Waals surface area contributed by atoms with Crippen LogP contribution in [-0.2, 0) is 4.74 Å². The molecule has 0 radical (unpaired) electrons.